The van der Waals surface area contributed by atoms with E-state index in [-0.39, 0.29) is 12.2 Å². The third-order valence-electron chi connectivity index (χ3n) is 3.34. The van der Waals surface area contributed by atoms with Gasteiger partial charge in [0.15, 0.2) is 0 Å². The number of nitrogens with zero attached hydrogens (tertiary/aromatic N) is 1. The molecule has 0 radical (unpaired) electrons. The van der Waals surface area contributed by atoms with E-state index in [1.165, 1.54) is 11.0 Å². The van der Waals surface area contributed by atoms with E-state index in [9.17, 15) is 14.7 Å². The molecule has 0 saturated heterocycles. The van der Waals surface area contributed by atoms with Gasteiger partial charge in [-0.3, -0.25) is 4.90 Å². The molecule has 1 aliphatic rings. The van der Waals surface area contributed by atoms with E-state index in [1.54, 1.807) is 12.1 Å². The topological polar surface area (TPSA) is 66.8 Å². The van der Waals surface area contributed by atoms with Crippen molar-refractivity contribution >= 4 is 17.7 Å². The van der Waals surface area contributed by atoms with Crippen molar-refractivity contribution in [1.82, 2.24) is 0 Å². The monoisotopic (exact) mass is 275 g/mol. The SMILES string of the molecule is C=CCOC(=O)N1CCCc2c(C(=O)O)ccc(C)c21. The average molecular weight is 275 g/mol. The number of hydrogen-bond acceptors (Lipinski definition) is 3. The van der Waals surface area contributed by atoms with Gasteiger partial charge in [0.25, 0.3) is 0 Å². The maximum Gasteiger partial charge on any atom is 0.414 e. The fourth-order valence-corrected chi connectivity index (χ4v) is 2.50. The third-order valence-corrected chi connectivity index (χ3v) is 3.34. The van der Waals surface area contributed by atoms with Gasteiger partial charge >= 0.3 is 12.1 Å². The van der Waals surface area contributed by atoms with Gasteiger partial charge in [0.1, 0.15) is 6.61 Å². The molecule has 0 unspecified atom stereocenters. The molecule has 1 heterocycles. The standard InChI is InChI=1S/C15H17NO4/c1-3-9-20-15(19)16-8-4-5-11-12(14(17)18)7-6-10(2)13(11)16/h3,6-7H,1,4-5,8-9H2,2H3,(H,17,18). The van der Waals surface area contributed by atoms with Crippen LogP contribution < -0.4 is 4.90 Å². The summed E-state index contributed by atoms with van der Waals surface area (Å²) < 4.78 is 5.06. The lowest BCUT2D eigenvalue weighted by molar-refractivity contribution is 0.0695. The fraction of sp³-hybridized carbons (Fsp3) is 0.333. The van der Waals surface area contributed by atoms with E-state index in [2.05, 4.69) is 6.58 Å². The molecule has 20 heavy (non-hydrogen) atoms. The van der Waals surface area contributed by atoms with Crippen LogP contribution >= 0.6 is 0 Å². The normalized spacial score (nSPS) is 13.6. The highest BCUT2D eigenvalue weighted by molar-refractivity contribution is 5.96. The number of hydrogen-bond donors (Lipinski definition) is 1. The van der Waals surface area contributed by atoms with E-state index in [0.717, 1.165) is 12.0 Å². The second-order valence-corrected chi connectivity index (χ2v) is 4.68. The number of carboxylic acids is 1. The zero-order valence-corrected chi connectivity index (χ0v) is 11.4. The number of benzene rings is 1. The van der Waals surface area contributed by atoms with Crippen molar-refractivity contribution in [2.24, 2.45) is 0 Å². The van der Waals surface area contributed by atoms with Crippen molar-refractivity contribution in [2.75, 3.05) is 18.1 Å². The summed E-state index contributed by atoms with van der Waals surface area (Å²) in [6.07, 6.45) is 2.42. The zero-order valence-electron chi connectivity index (χ0n) is 11.4. The predicted octanol–water partition coefficient (Wildman–Crippen LogP) is 2.77. The molecular formula is C15H17NO4. The quantitative estimate of drug-likeness (QED) is 0.861. The zero-order chi connectivity index (χ0) is 14.7. The highest BCUT2D eigenvalue weighted by Gasteiger charge is 2.28. The van der Waals surface area contributed by atoms with Gasteiger partial charge in [0, 0.05) is 6.54 Å². The van der Waals surface area contributed by atoms with Gasteiger partial charge in [0.05, 0.1) is 11.3 Å². The summed E-state index contributed by atoms with van der Waals surface area (Å²) in [7, 11) is 0. The fourth-order valence-electron chi connectivity index (χ4n) is 2.50. The first kappa shape index (κ1) is 14.1. The van der Waals surface area contributed by atoms with Crippen LogP contribution in [0.25, 0.3) is 0 Å². The Labute approximate surface area is 117 Å². The molecule has 0 aromatic heterocycles. The highest BCUT2D eigenvalue weighted by atomic mass is 16.6. The molecule has 0 bridgehead atoms. The summed E-state index contributed by atoms with van der Waals surface area (Å²) in [4.78, 5) is 24.9. The lowest BCUT2D eigenvalue weighted by Gasteiger charge is -2.31. The minimum Gasteiger partial charge on any atom is -0.478 e. The smallest absolute Gasteiger partial charge is 0.414 e. The van der Waals surface area contributed by atoms with Crippen LogP contribution in [0.15, 0.2) is 24.8 Å². The van der Waals surface area contributed by atoms with Gasteiger partial charge in [0.2, 0.25) is 0 Å². The van der Waals surface area contributed by atoms with Gasteiger partial charge in [-0.25, -0.2) is 9.59 Å². The van der Waals surface area contributed by atoms with Crippen LogP contribution in [-0.4, -0.2) is 30.3 Å². The summed E-state index contributed by atoms with van der Waals surface area (Å²) in [5.74, 6) is -0.970. The van der Waals surface area contributed by atoms with Gasteiger partial charge in [-0.2, -0.15) is 0 Å². The van der Waals surface area contributed by atoms with Crippen molar-refractivity contribution < 1.29 is 19.4 Å². The number of anilines is 1. The molecule has 1 aliphatic heterocycles. The Morgan fingerprint density at radius 1 is 1.50 bits per heavy atom. The molecule has 5 nitrogen and oxygen atoms in total. The van der Waals surface area contributed by atoms with Crippen LogP contribution in [0, 0.1) is 6.92 Å². The van der Waals surface area contributed by atoms with Crippen LogP contribution in [-0.2, 0) is 11.2 Å². The molecule has 0 atom stereocenters. The Kier molecular flexibility index (Phi) is 4.08. The first-order valence-electron chi connectivity index (χ1n) is 6.47. The maximum absolute atomic E-state index is 12.1. The molecule has 1 aromatic rings. The number of carboxylic acid groups (broad SMARTS) is 1. The second-order valence-electron chi connectivity index (χ2n) is 4.68. The largest absolute Gasteiger partial charge is 0.478 e. The molecule has 0 fully saturated rings. The molecule has 106 valence electrons. The van der Waals surface area contributed by atoms with Gasteiger partial charge in [-0.05, 0) is 37.0 Å². The molecule has 0 saturated carbocycles. The van der Waals surface area contributed by atoms with Crippen molar-refractivity contribution in [3.05, 3.63) is 41.5 Å². The lowest BCUT2D eigenvalue weighted by atomic mass is 9.93. The summed E-state index contributed by atoms with van der Waals surface area (Å²) in [5, 5.41) is 9.25. The van der Waals surface area contributed by atoms with Crippen LogP contribution in [0.4, 0.5) is 10.5 Å². The van der Waals surface area contributed by atoms with E-state index < -0.39 is 12.1 Å². The predicted molar refractivity (Wildman–Crippen MR) is 75.4 cm³/mol. The highest BCUT2D eigenvalue weighted by Crippen LogP contribution is 2.33. The first-order valence-corrected chi connectivity index (χ1v) is 6.47. The molecule has 1 aromatic carbocycles. The van der Waals surface area contributed by atoms with Crippen molar-refractivity contribution in [2.45, 2.75) is 19.8 Å². The number of carbonyl (C=O) groups is 2. The van der Waals surface area contributed by atoms with E-state index >= 15 is 0 Å². The summed E-state index contributed by atoms with van der Waals surface area (Å²) >= 11 is 0. The lowest BCUT2D eigenvalue weighted by Crippen LogP contribution is -2.37. The Morgan fingerprint density at radius 3 is 2.90 bits per heavy atom. The molecule has 0 aliphatic carbocycles. The molecule has 0 spiro atoms. The van der Waals surface area contributed by atoms with Crippen molar-refractivity contribution in [3.63, 3.8) is 0 Å². The minimum atomic E-state index is -0.970. The van der Waals surface area contributed by atoms with Gasteiger partial charge < -0.3 is 9.84 Å². The average Bonchev–Trinajstić information content (AvgIpc) is 2.44. The molecule has 1 amide bonds. The number of carbonyl (C=O) groups excluding carboxylic acids is 1. The number of amides is 1. The van der Waals surface area contributed by atoms with Crippen molar-refractivity contribution in [1.29, 1.82) is 0 Å². The Hall–Kier alpha value is -2.30. The molecule has 1 N–H and O–H groups in total. The summed E-state index contributed by atoms with van der Waals surface area (Å²) in [5.41, 5.74) is 2.51. The first-order chi connectivity index (χ1) is 9.56. The van der Waals surface area contributed by atoms with Crippen LogP contribution in [0.2, 0.25) is 0 Å². The number of ether oxygens (including phenoxy) is 1. The van der Waals surface area contributed by atoms with E-state index in [0.29, 0.717) is 24.2 Å². The summed E-state index contributed by atoms with van der Waals surface area (Å²) in [6.45, 7) is 6.04. The molecular weight excluding hydrogens is 258 g/mol. The van der Waals surface area contributed by atoms with Gasteiger partial charge in [-0.1, -0.05) is 18.7 Å². The van der Waals surface area contributed by atoms with Crippen LogP contribution in [0.5, 0.6) is 0 Å². The second kappa shape index (κ2) is 5.77. The Bertz CT molecular complexity index is 565. The number of aryl methyl sites for hydroxylation is 1. The molecule has 5 heteroatoms. The van der Waals surface area contributed by atoms with Crippen LogP contribution in [0.3, 0.4) is 0 Å². The Morgan fingerprint density at radius 2 is 2.25 bits per heavy atom. The Balaban J connectivity index is 2.44. The maximum atomic E-state index is 12.1. The molecule has 2 rings (SSSR count). The van der Waals surface area contributed by atoms with Crippen molar-refractivity contribution in [3.8, 4) is 0 Å². The van der Waals surface area contributed by atoms with E-state index in [1.807, 2.05) is 6.92 Å². The van der Waals surface area contributed by atoms with Crippen LogP contribution in [0.1, 0.15) is 27.9 Å². The number of aromatic carboxylic acids is 1. The van der Waals surface area contributed by atoms with E-state index in [4.69, 9.17) is 4.74 Å². The minimum absolute atomic E-state index is 0.141. The number of rotatable bonds is 3. The third kappa shape index (κ3) is 2.52. The van der Waals surface area contributed by atoms with Gasteiger partial charge in [-0.15, -0.1) is 0 Å². The summed E-state index contributed by atoms with van der Waals surface area (Å²) in [6, 6.07) is 3.32. The number of fused-ring (bicyclic) bond motifs is 1.